The molecule has 0 radical (unpaired) electrons. The van der Waals surface area contributed by atoms with Crippen molar-refractivity contribution in [3.63, 3.8) is 0 Å². The summed E-state index contributed by atoms with van der Waals surface area (Å²) in [7, 11) is 0. The van der Waals surface area contributed by atoms with Crippen LogP contribution < -0.4 is 4.72 Å². The van der Waals surface area contributed by atoms with Gasteiger partial charge in [-0.15, -0.1) is 0 Å². The van der Waals surface area contributed by atoms with E-state index in [2.05, 4.69) is 0 Å². The average molecular weight is 209 g/mol. The van der Waals surface area contributed by atoms with Crippen LogP contribution in [-0.4, -0.2) is 8.76 Å². The van der Waals surface area contributed by atoms with E-state index in [4.69, 9.17) is 11.6 Å². The third-order valence-electron chi connectivity index (χ3n) is 1.12. The molecule has 0 spiro atoms. The molecule has 0 amide bonds. The van der Waals surface area contributed by atoms with Gasteiger partial charge < -0.3 is 9.27 Å². The van der Waals surface area contributed by atoms with E-state index < -0.39 is 17.1 Å². The molecule has 0 bridgehead atoms. The molecule has 1 N–H and O–H groups in total. The Kier molecular flexibility index (Phi) is 3.02. The number of nitrogens with one attached hydrogen (secondary N) is 1. The first-order valence-corrected chi connectivity index (χ1v) is 4.36. The predicted octanol–water partition coefficient (Wildman–Crippen LogP) is 1.69. The lowest BCUT2D eigenvalue weighted by molar-refractivity contribution is 0.542. The highest BCUT2D eigenvalue weighted by atomic mass is 35.5. The number of hydrogen-bond donors (Lipinski definition) is 1. The van der Waals surface area contributed by atoms with E-state index in [-0.39, 0.29) is 10.7 Å². The van der Waals surface area contributed by atoms with Crippen LogP contribution in [0.5, 0.6) is 0 Å². The monoisotopic (exact) mass is 208 g/mol. The van der Waals surface area contributed by atoms with Gasteiger partial charge in [0, 0.05) is 11.3 Å². The van der Waals surface area contributed by atoms with Crippen LogP contribution in [0.15, 0.2) is 18.2 Å². The molecule has 0 heterocycles. The molecule has 1 aromatic rings. The summed E-state index contributed by atoms with van der Waals surface area (Å²) in [6.45, 7) is 0. The van der Waals surface area contributed by atoms with Crippen LogP contribution >= 0.6 is 11.6 Å². The molecule has 0 fully saturated rings. The average Bonchev–Trinajstić information content (AvgIpc) is 1.94. The summed E-state index contributed by atoms with van der Waals surface area (Å²) < 4.78 is 34.7. The van der Waals surface area contributed by atoms with Crippen LogP contribution in [0.4, 0.5) is 10.1 Å². The molecule has 12 heavy (non-hydrogen) atoms. The summed E-state index contributed by atoms with van der Waals surface area (Å²) >= 11 is 3.06. The summed E-state index contributed by atoms with van der Waals surface area (Å²) in [6.07, 6.45) is 0. The van der Waals surface area contributed by atoms with Gasteiger partial charge in [-0.3, -0.25) is 4.21 Å². The zero-order valence-electron chi connectivity index (χ0n) is 5.71. The van der Waals surface area contributed by atoms with Crippen molar-refractivity contribution in [3.8, 4) is 0 Å². The first-order chi connectivity index (χ1) is 5.59. The Hall–Kier alpha value is -0.650. The van der Waals surface area contributed by atoms with Gasteiger partial charge in [-0.25, -0.2) is 4.39 Å². The van der Waals surface area contributed by atoms with Crippen LogP contribution in [0.3, 0.4) is 0 Å². The number of hydrogen-bond acceptors (Lipinski definition) is 2. The van der Waals surface area contributed by atoms with Gasteiger partial charge in [0.05, 0.1) is 10.7 Å². The molecular formula is C6H4ClFNO2S-. The second kappa shape index (κ2) is 3.84. The fourth-order valence-corrected chi connectivity index (χ4v) is 1.29. The summed E-state index contributed by atoms with van der Waals surface area (Å²) in [5, 5.41) is 0.0270. The molecule has 0 saturated carbocycles. The van der Waals surface area contributed by atoms with Gasteiger partial charge in [-0.1, -0.05) is 11.6 Å². The maximum Gasteiger partial charge on any atom is 0.124 e. The summed E-state index contributed by atoms with van der Waals surface area (Å²) in [5.74, 6) is -0.512. The van der Waals surface area contributed by atoms with Crippen LogP contribution in [0.25, 0.3) is 0 Å². The van der Waals surface area contributed by atoms with Crippen LogP contribution in [0.2, 0.25) is 5.02 Å². The summed E-state index contributed by atoms with van der Waals surface area (Å²) in [5.41, 5.74) is 0.159. The Morgan fingerprint density at radius 1 is 1.58 bits per heavy atom. The van der Waals surface area contributed by atoms with Crippen molar-refractivity contribution in [1.29, 1.82) is 0 Å². The molecule has 0 aromatic heterocycles. The van der Waals surface area contributed by atoms with Crippen molar-refractivity contribution in [1.82, 2.24) is 0 Å². The van der Waals surface area contributed by atoms with Gasteiger partial charge >= 0.3 is 0 Å². The number of halogens is 2. The van der Waals surface area contributed by atoms with Crippen molar-refractivity contribution in [3.05, 3.63) is 29.0 Å². The van der Waals surface area contributed by atoms with Gasteiger partial charge in [0.2, 0.25) is 0 Å². The fourth-order valence-electron chi connectivity index (χ4n) is 0.662. The smallest absolute Gasteiger partial charge is 0.124 e. The summed E-state index contributed by atoms with van der Waals surface area (Å²) in [4.78, 5) is 0. The van der Waals surface area contributed by atoms with E-state index in [0.29, 0.717) is 0 Å². The van der Waals surface area contributed by atoms with E-state index in [1.54, 1.807) is 0 Å². The lowest BCUT2D eigenvalue weighted by Gasteiger charge is -2.09. The van der Waals surface area contributed by atoms with Gasteiger partial charge in [0.1, 0.15) is 5.82 Å². The first kappa shape index (κ1) is 9.44. The minimum atomic E-state index is -2.44. The molecule has 3 nitrogen and oxygen atoms in total. The zero-order chi connectivity index (χ0) is 9.14. The highest BCUT2D eigenvalue weighted by Crippen LogP contribution is 2.22. The number of anilines is 1. The predicted molar refractivity (Wildman–Crippen MR) is 44.0 cm³/mol. The number of rotatable bonds is 2. The van der Waals surface area contributed by atoms with E-state index in [1.807, 2.05) is 4.72 Å². The molecule has 6 heteroatoms. The quantitative estimate of drug-likeness (QED) is 0.752. The molecule has 0 aliphatic carbocycles. The lowest BCUT2D eigenvalue weighted by Crippen LogP contribution is -2.02. The van der Waals surface area contributed by atoms with E-state index >= 15 is 0 Å². The lowest BCUT2D eigenvalue weighted by atomic mass is 10.3. The minimum Gasteiger partial charge on any atom is -0.755 e. The first-order valence-electron chi connectivity index (χ1n) is 2.90. The normalized spacial score (nSPS) is 12.6. The molecule has 0 aliphatic heterocycles. The molecule has 0 saturated heterocycles. The molecule has 0 aliphatic rings. The van der Waals surface area contributed by atoms with Crippen molar-refractivity contribution in [2.45, 2.75) is 0 Å². The Bertz CT molecular complexity index is 320. The van der Waals surface area contributed by atoms with Crippen molar-refractivity contribution >= 4 is 28.6 Å². The van der Waals surface area contributed by atoms with E-state index in [0.717, 1.165) is 12.1 Å². The Labute approximate surface area is 76.0 Å². The van der Waals surface area contributed by atoms with E-state index in [9.17, 15) is 13.2 Å². The minimum absolute atomic E-state index is 0.0270. The standard InChI is InChI=1S/C6H5ClFNO2S/c7-5-3-4(8)1-2-6(5)9-12(10)11/h1-3,9H,(H,10,11)/p-1. The maximum absolute atomic E-state index is 12.4. The van der Waals surface area contributed by atoms with Crippen molar-refractivity contribution < 1.29 is 13.2 Å². The third-order valence-corrected chi connectivity index (χ3v) is 1.82. The Balaban J connectivity index is 2.93. The third kappa shape index (κ3) is 2.44. The topological polar surface area (TPSA) is 52.2 Å². The molecule has 1 rings (SSSR count). The van der Waals surface area contributed by atoms with Gasteiger partial charge in [0.25, 0.3) is 0 Å². The largest absolute Gasteiger partial charge is 0.755 e. The molecule has 66 valence electrons. The highest BCUT2D eigenvalue weighted by molar-refractivity contribution is 7.80. The van der Waals surface area contributed by atoms with Gasteiger partial charge in [-0.05, 0) is 18.2 Å². The van der Waals surface area contributed by atoms with Crippen molar-refractivity contribution in [2.75, 3.05) is 4.72 Å². The van der Waals surface area contributed by atoms with Crippen LogP contribution in [0.1, 0.15) is 0 Å². The van der Waals surface area contributed by atoms with Crippen LogP contribution in [-0.2, 0) is 11.3 Å². The second-order valence-corrected chi connectivity index (χ2v) is 3.04. The highest BCUT2D eigenvalue weighted by Gasteiger charge is 2.00. The van der Waals surface area contributed by atoms with Gasteiger partial charge in [-0.2, -0.15) is 0 Å². The molecular weight excluding hydrogens is 205 g/mol. The zero-order valence-corrected chi connectivity index (χ0v) is 7.29. The number of benzene rings is 1. The maximum atomic E-state index is 12.4. The van der Waals surface area contributed by atoms with Crippen LogP contribution in [0, 0.1) is 5.82 Å². The van der Waals surface area contributed by atoms with Gasteiger partial charge in [0.15, 0.2) is 0 Å². The SMILES string of the molecule is O=S([O-])Nc1ccc(F)cc1Cl. The summed E-state index contributed by atoms with van der Waals surface area (Å²) in [6, 6.07) is 3.38. The molecule has 1 unspecified atom stereocenters. The fraction of sp³-hybridized carbons (Fsp3) is 0. The molecule has 1 atom stereocenters. The Morgan fingerprint density at radius 2 is 2.25 bits per heavy atom. The molecule has 1 aromatic carbocycles. The van der Waals surface area contributed by atoms with Crippen molar-refractivity contribution in [2.24, 2.45) is 0 Å². The van der Waals surface area contributed by atoms with E-state index in [1.165, 1.54) is 6.07 Å². The second-order valence-electron chi connectivity index (χ2n) is 1.96. The Morgan fingerprint density at radius 3 is 2.75 bits per heavy atom.